The van der Waals surface area contributed by atoms with Gasteiger partial charge in [-0.05, 0) is 41.5 Å². The van der Waals surface area contributed by atoms with Crippen LogP contribution in [0.15, 0.2) is 85.3 Å². The molecule has 0 amide bonds. The quantitative estimate of drug-likeness (QED) is 0.396. The molecule has 1 aromatic heterocycles. The minimum absolute atomic E-state index is 0.190. The fourth-order valence-corrected chi connectivity index (χ4v) is 3.73. The standard InChI is InChI=1S/C26H20F3N3O3/c1-32-17-31-15-24(32)25(33,20-10-6-18(14-30)7-11-20)16-34-23-5-3-2-4-22(23)19-8-12-21(13-9-19)35-26(27,28)29/h2-13,15,17,33H,16H2,1H3/t25-/m0/s1. The highest BCUT2D eigenvalue weighted by Crippen LogP contribution is 2.35. The molecule has 3 aromatic carbocycles. The molecule has 1 atom stereocenters. The van der Waals surface area contributed by atoms with Crippen molar-refractivity contribution in [1.29, 1.82) is 5.26 Å². The van der Waals surface area contributed by atoms with Crippen molar-refractivity contribution in [2.75, 3.05) is 6.61 Å². The van der Waals surface area contributed by atoms with E-state index in [2.05, 4.69) is 9.72 Å². The van der Waals surface area contributed by atoms with Crippen molar-refractivity contribution in [2.45, 2.75) is 12.0 Å². The first-order valence-electron chi connectivity index (χ1n) is 10.5. The summed E-state index contributed by atoms with van der Waals surface area (Å²) in [5.74, 6) is 0.0947. The average molecular weight is 479 g/mol. The lowest BCUT2D eigenvalue weighted by molar-refractivity contribution is -0.274. The molecule has 0 aliphatic rings. The summed E-state index contributed by atoms with van der Waals surface area (Å²) in [6, 6.07) is 21.0. The summed E-state index contributed by atoms with van der Waals surface area (Å²) >= 11 is 0. The van der Waals surface area contributed by atoms with E-state index in [0.29, 0.717) is 33.7 Å². The number of benzene rings is 3. The van der Waals surface area contributed by atoms with Crippen LogP contribution < -0.4 is 9.47 Å². The average Bonchev–Trinajstić information content (AvgIpc) is 3.29. The number of para-hydroxylation sites is 1. The van der Waals surface area contributed by atoms with Gasteiger partial charge in [-0.15, -0.1) is 13.2 Å². The van der Waals surface area contributed by atoms with Crippen LogP contribution in [-0.4, -0.2) is 27.6 Å². The largest absolute Gasteiger partial charge is 0.573 e. The summed E-state index contributed by atoms with van der Waals surface area (Å²) in [6.45, 7) is -0.190. The zero-order chi connectivity index (χ0) is 25.1. The van der Waals surface area contributed by atoms with Gasteiger partial charge in [0, 0.05) is 12.6 Å². The number of ether oxygens (including phenoxy) is 2. The Hall–Kier alpha value is -4.29. The normalized spacial score (nSPS) is 13.0. The van der Waals surface area contributed by atoms with Crippen LogP contribution in [0.1, 0.15) is 16.8 Å². The number of imidazole rings is 1. The van der Waals surface area contributed by atoms with E-state index in [-0.39, 0.29) is 12.4 Å². The number of nitriles is 1. The molecule has 1 heterocycles. The number of halogens is 3. The molecule has 4 aromatic rings. The van der Waals surface area contributed by atoms with E-state index < -0.39 is 12.0 Å². The smallest absolute Gasteiger partial charge is 0.489 e. The number of nitrogens with zero attached hydrogens (tertiary/aromatic N) is 3. The fourth-order valence-electron chi connectivity index (χ4n) is 3.73. The molecule has 35 heavy (non-hydrogen) atoms. The first-order valence-corrected chi connectivity index (χ1v) is 10.5. The summed E-state index contributed by atoms with van der Waals surface area (Å²) < 4.78 is 49.1. The molecule has 1 N–H and O–H groups in total. The molecule has 0 unspecified atom stereocenters. The predicted molar refractivity (Wildman–Crippen MR) is 121 cm³/mol. The van der Waals surface area contributed by atoms with Crippen LogP contribution in [0.25, 0.3) is 11.1 Å². The van der Waals surface area contributed by atoms with Gasteiger partial charge in [-0.3, -0.25) is 0 Å². The number of alkyl halides is 3. The van der Waals surface area contributed by atoms with Crippen molar-refractivity contribution in [3.63, 3.8) is 0 Å². The summed E-state index contributed by atoms with van der Waals surface area (Å²) in [7, 11) is 1.75. The molecule has 0 saturated heterocycles. The van der Waals surface area contributed by atoms with Crippen molar-refractivity contribution < 1.29 is 27.8 Å². The lowest BCUT2D eigenvalue weighted by Crippen LogP contribution is -2.36. The van der Waals surface area contributed by atoms with Gasteiger partial charge >= 0.3 is 6.36 Å². The molecular formula is C26H20F3N3O3. The Labute approximate surface area is 199 Å². The molecule has 0 aliphatic carbocycles. The molecule has 0 spiro atoms. The Morgan fingerprint density at radius 3 is 2.29 bits per heavy atom. The molecule has 0 bridgehead atoms. The molecule has 4 rings (SSSR count). The van der Waals surface area contributed by atoms with Gasteiger partial charge in [0.2, 0.25) is 0 Å². The van der Waals surface area contributed by atoms with E-state index >= 15 is 0 Å². The van der Waals surface area contributed by atoms with E-state index in [4.69, 9.17) is 10.00 Å². The third-order valence-corrected chi connectivity index (χ3v) is 5.45. The first kappa shape index (κ1) is 23.9. The predicted octanol–water partition coefficient (Wildman–Crippen LogP) is 5.17. The third-order valence-electron chi connectivity index (χ3n) is 5.45. The number of hydrogen-bond acceptors (Lipinski definition) is 5. The summed E-state index contributed by atoms with van der Waals surface area (Å²) in [5.41, 5.74) is 1.07. The number of rotatable bonds is 7. The van der Waals surface area contributed by atoms with E-state index in [1.165, 1.54) is 30.5 Å². The van der Waals surface area contributed by atoms with Gasteiger partial charge in [-0.25, -0.2) is 4.98 Å². The van der Waals surface area contributed by atoms with Gasteiger partial charge in [0.25, 0.3) is 0 Å². The molecule has 0 saturated carbocycles. The van der Waals surface area contributed by atoms with Crippen LogP contribution in [0.2, 0.25) is 0 Å². The van der Waals surface area contributed by atoms with Crippen molar-refractivity contribution in [3.8, 4) is 28.7 Å². The Morgan fingerprint density at radius 2 is 1.69 bits per heavy atom. The van der Waals surface area contributed by atoms with Crippen molar-refractivity contribution >= 4 is 0 Å². The molecule has 0 aliphatic heterocycles. The summed E-state index contributed by atoms with van der Waals surface area (Å²) in [5, 5.41) is 20.9. The maximum Gasteiger partial charge on any atom is 0.573 e. The molecule has 0 fully saturated rings. The minimum Gasteiger partial charge on any atom is -0.489 e. The van der Waals surface area contributed by atoms with Crippen LogP contribution in [0.5, 0.6) is 11.5 Å². The SMILES string of the molecule is Cn1cncc1[C@](O)(COc1ccccc1-c1ccc(OC(F)(F)F)cc1)c1ccc(C#N)cc1. The van der Waals surface area contributed by atoms with Crippen molar-refractivity contribution in [1.82, 2.24) is 9.55 Å². The van der Waals surface area contributed by atoms with Gasteiger partial charge in [0.1, 0.15) is 18.1 Å². The van der Waals surface area contributed by atoms with Gasteiger partial charge in [0.15, 0.2) is 5.60 Å². The fraction of sp³-hybridized carbons (Fsp3) is 0.154. The molecule has 0 radical (unpaired) electrons. The number of hydrogen-bond donors (Lipinski definition) is 1. The van der Waals surface area contributed by atoms with Gasteiger partial charge in [-0.1, -0.05) is 42.5 Å². The Balaban J connectivity index is 1.64. The Kier molecular flexibility index (Phi) is 6.49. The number of aliphatic hydroxyl groups is 1. The second-order valence-corrected chi connectivity index (χ2v) is 7.80. The highest BCUT2D eigenvalue weighted by atomic mass is 19.4. The minimum atomic E-state index is -4.77. The van der Waals surface area contributed by atoms with Crippen LogP contribution in [-0.2, 0) is 12.6 Å². The number of aromatic nitrogens is 2. The Morgan fingerprint density at radius 1 is 1.00 bits per heavy atom. The first-order chi connectivity index (χ1) is 16.7. The topological polar surface area (TPSA) is 80.3 Å². The highest BCUT2D eigenvalue weighted by Gasteiger charge is 2.36. The monoisotopic (exact) mass is 479 g/mol. The van der Waals surface area contributed by atoms with Gasteiger partial charge in [-0.2, -0.15) is 5.26 Å². The molecule has 6 nitrogen and oxygen atoms in total. The lowest BCUT2D eigenvalue weighted by Gasteiger charge is -2.29. The van der Waals surface area contributed by atoms with Crippen LogP contribution >= 0.6 is 0 Å². The molecule has 178 valence electrons. The second kappa shape index (κ2) is 9.52. The van der Waals surface area contributed by atoms with E-state index in [9.17, 15) is 18.3 Å². The van der Waals surface area contributed by atoms with E-state index in [1.807, 2.05) is 6.07 Å². The molecule has 9 heteroatoms. The number of aryl methyl sites for hydroxylation is 1. The van der Waals surface area contributed by atoms with E-state index in [0.717, 1.165) is 0 Å². The van der Waals surface area contributed by atoms with Crippen LogP contribution in [0.3, 0.4) is 0 Å². The van der Waals surface area contributed by atoms with Gasteiger partial charge < -0.3 is 19.1 Å². The van der Waals surface area contributed by atoms with Gasteiger partial charge in [0.05, 0.1) is 29.9 Å². The summed E-state index contributed by atoms with van der Waals surface area (Å²) in [6.07, 6.45) is -1.68. The maximum absolute atomic E-state index is 12.5. The zero-order valence-electron chi connectivity index (χ0n) is 18.5. The summed E-state index contributed by atoms with van der Waals surface area (Å²) in [4.78, 5) is 4.10. The zero-order valence-corrected chi connectivity index (χ0v) is 18.5. The lowest BCUT2D eigenvalue weighted by atomic mass is 9.90. The van der Waals surface area contributed by atoms with Crippen LogP contribution in [0, 0.1) is 11.3 Å². The molecular weight excluding hydrogens is 459 g/mol. The van der Waals surface area contributed by atoms with Crippen molar-refractivity contribution in [3.05, 3.63) is 102 Å². The second-order valence-electron chi connectivity index (χ2n) is 7.80. The van der Waals surface area contributed by atoms with Crippen molar-refractivity contribution in [2.24, 2.45) is 7.05 Å². The highest BCUT2D eigenvalue weighted by molar-refractivity contribution is 5.70. The van der Waals surface area contributed by atoms with E-state index in [1.54, 1.807) is 66.5 Å². The Bertz CT molecular complexity index is 1340. The maximum atomic E-state index is 12.5. The third kappa shape index (κ3) is 5.28. The van der Waals surface area contributed by atoms with Crippen LogP contribution in [0.4, 0.5) is 13.2 Å².